The van der Waals surface area contributed by atoms with Gasteiger partial charge >= 0.3 is 0 Å². The molecule has 6 nitrogen and oxygen atoms in total. The lowest BCUT2D eigenvalue weighted by molar-refractivity contribution is 0.239. The molecular weight excluding hydrogens is 244 g/mol. The van der Waals surface area contributed by atoms with Gasteiger partial charge in [-0.1, -0.05) is 5.16 Å². The average molecular weight is 260 g/mol. The van der Waals surface area contributed by atoms with Crippen LogP contribution in [0.2, 0.25) is 0 Å². The zero-order chi connectivity index (χ0) is 13.2. The molecule has 6 heteroatoms. The molecular formula is C13H16N4O2. The fourth-order valence-electron chi connectivity index (χ4n) is 1.85. The first-order valence-electron chi connectivity index (χ1n) is 6.38. The van der Waals surface area contributed by atoms with Crippen molar-refractivity contribution in [2.24, 2.45) is 5.73 Å². The Kier molecular flexibility index (Phi) is 3.16. The van der Waals surface area contributed by atoms with Gasteiger partial charge in [-0.3, -0.25) is 4.98 Å². The number of nitrogens with two attached hydrogens (primary N) is 1. The summed E-state index contributed by atoms with van der Waals surface area (Å²) in [4.78, 5) is 8.64. The topological polar surface area (TPSA) is 87.1 Å². The first kappa shape index (κ1) is 12.1. The van der Waals surface area contributed by atoms with Crippen LogP contribution >= 0.6 is 0 Å². The summed E-state index contributed by atoms with van der Waals surface area (Å²) in [6, 6.07) is 3.75. The van der Waals surface area contributed by atoms with Gasteiger partial charge in [0.2, 0.25) is 0 Å². The molecule has 19 heavy (non-hydrogen) atoms. The van der Waals surface area contributed by atoms with Crippen molar-refractivity contribution in [3.05, 3.63) is 35.2 Å². The number of rotatable bonds is 5. The molecule has 1 saturated carbocycles. The van der Waals surface area contributed by atoms with E-state index < -0.39 is 0 Å². The van der Waals surface area contributed by atoms with E-state index in [0.717, 1.165) is 30.1 Å². The van der Waals surface area contributed by atoms with Gasteiger partial charge in [-0.15, -0.1) is 0 Å². The monoisotopic (exact) mass is 260 g/mol. The summed E-state index contributed by atoms with van der Waals surface area (Å²) < 4.78 is 10.8. The molecule has 2 N–H and O–H groups in total. The quantitative estimate of drug-likeness (QED) is 0.880. The van der Waals surface area contributed by atoms with E-state index in [4.69, 9.17) is 15.0 Å². The van der Waals surface area contributed by atoms with E-state index in [2.05, 4.69) is 15.1 Å². The predicted molar refractivity (Wildman–Crippen MR) is 67.5 cm³/mol. The number of aryl methyl sites for hydroxylation is 1. The van der Waals surface area contributed by atoms with Crippen molar-refractivity contribution in [3.8, 4) is 5.75 Å². The van der Waals surface area contributed by atoms with E-state index in [9.17, 15) is 0 Å². The zero-order valence-electron chi connectivity index (χ0n) is 10.8. The normalized spacial score (nSPS) is 14.6. The lowest BCUT2D eigenvalue weighted by Gasteiger charge is -2.08. The molecule has 0 amide bonds. The van der Waals surface area contributed by atoms with Gasteiger partial charge in [0.25, 0.3) is 5.89 Å². The van der Waals surface area contributed by atoms with Crippen molar-refractivity contribution in [2.75, 3.05) is 0 Å². The second-order valence-electron chi connectivity index (χ2n) is 4.71. The number of aromatic nitrogens is 3. The molecule has 2 aromatic rings. The van der Waals surface area contributed by atoms with Crippen LogP contribution in [0.1, 0.15) is 41.9 Å². The minimum absolute atomic E-state index is 0.247. The van der Waals surface area contributed by atoms with E-state index in [1.54, 1.807) is 0 Å². The van der Waals surface area contributed by atoms with Crippen molar-refractivity contribution >= 4 is 0 Å². The third-order valence-corrected chi connectivity index (χ3v) is 3.04. The van der Waals surface area contributed by atoms with Crippen LogP contribution in [0.3, 0.4) is 0 Å². The van der Waals surface area contributed by atoms with Crippen LogP contribution in [0.25, 0.3) is 0 Å². The van der Waals surface area contributed by atoms with E-state index in [1.807, 2.05) is 19.1 Å². The van der Waals surface area contributed by atoms with E-state index in [1.165, 1.54) is 0 Å². The van der Waals surface area contributed by atoms with Gasteiger partial charge < -0.3 is 15.0 Å². The summed E-state index contributed by atoms with van der Waals surface area (Å²) in [6.45, 7) is 2.51. The van der Waals surface area contributed by atoms with Gasteiger partial charge in [0.1, 0.15) is 5.75 Å². The lowest BCUT2D eigenvalue weighted by Crippen LogP contribution is -2.06. The van der Waals surface area contributed by atoms with Gasteiger partial charge in [-0.05, 0) is 31.9 Å². The predicted octanol–water partition coefficient (Wildman–Crippen LogP) is 1.69. The Bertz CT molecular complexity index is 578. The second-order valence-corrected chi connectivity index (χ2v) is 4.71. The summed E-state index contributed by atoms with van der Waals surface area (Å²) in [5, 5.41) is 3.94. The summed E-state index contributed by atoms with van der Waals surface area (Å²) >= 11 is 0. The van der Waals surface area contributed by atoms with Crippen LogP contribution in [-0.4, -0.2) is 15.1 Å². The van der Waals surface area contributed by atoms with Gasteiger partial charge in [0.15, 0.2) is 12.4 Å². The fourth-order valence-corrected chi connectivity index (χ4v) is 1.85. The Hall–Kier alpha value is -1.95. The van der Waals surface area contributed by atoms with Crippen LogP contribution in [0.4, 0.5) is 0 Å². The Morgan fingerprint density at radius 3 is 2.95 bits per heavy atom. The largest absolute Gasteiger partial charge is 0.482 e. The van der Waals surface area contributed by atoms with Crippen LogP contribution in [-0.2, 0) is 13.2 Å². The van der Waals surface area contributed by atoms with Crippen molar-refractivity contribution in [1.82, 2.24) is 15.1 Å². The Balaban J connectivity index is 1.67. The zero-order valence-corrected chi connectivity index (χ0v) is 10.8. The van der Waals surface area contributed by atoms with E-state index in [0.29, 0.717) is 24.1 Å². The number of ether oxygens (including phenoxy) is 1. The van der Waals surface area contributed by atoms with Crippen molar-refractivity contribution in [3.63, 3.8) is 0 Å². The van der Waals surface area contributed by atoms with Crippen LogP contribution in [0.15, 0.2) is 16.7 Å². The number of hydrogen-bond donors (Lipinski definition) is 1. The highest BCUT2D eigenvalue weighted by atomic mass is 16.5. The van der Waals surface area contributed by atoms with Gasteiger partial charge in [-0.2, -0.15) is 4.98 Å². The van der Waals surface area contributed by atoms with Gasteiger partial charge in [0.05, 0.1) is 5.69 Å². The molecule has 0 unspecified atom stereocenters. The SMILES string of the molecule is Cc1ccc(OCc2nc(C3CC3)no2)c(CN)n1. The first-order chi connectivity index (χ1) is 9.26. The molecule has 100 valence electrons. The van der Waals surface area contributed by atoms with Gasteiger partial charge in [0, 0.05) is 18.2 Å². The first-order valence-corrected chi connectivity index (χ1v) is 6.38. The summed E-state index contributed by atoms with van der Waals surface area (Å²) in [6.07, 6.45) is 2.30. The maximum atomic E-state index is 5.65. The standard InChI is InChI=1S/C13H16N4O2/c1-8-2-5-11(10(6-14)15-8)18-7-12-16-13(17-19-12)9-3-4-9/h2,5,9H,3-4,6-7,14H2,1H3. The minimum Gasteiger partial charge on any atom is -0.482 e. The van der Waals surface area contributed by atoms with Crippen molar-refractivity contribution in [1.29, 1.82) is 0 Å². The minimum atomic E-state index is 0.247. The Morgan fingerprint density at radius 2 is 2.21 bits per heavy atom. The molecule has 0 atom stereocenters. The molecule has 1 aliphatic rings. The third-order valence-electron chi connectivity index (χ3n) is 3.04. The van der Waals surface area contributed by atoms with Crippen LogP contribution in [0, 0.1) is 6.92 Å². The van der Waals surface area contributed by atoms with Crippen LogP contribution < -0.4 is 10.5 Å². The maximum absolute atomic E-state index is 5.65. The average Bonchev–Trinajstić information content (AvgIpc) is 3.17. The van der Waals surface area contributed by atoms with Crippen molar-refractivity contribution < 1.29 is 9.26 Å². The molecule has 3 rings (SSSR count). The Morgan fingerprint density at radius 1 is 1.37 bits per heavy atom. The van der Waals surface area contributed by atoms with Crippen molar-refractivity contribution in [2.45, 2.75) is 38.8 Å². The molecule has 0 aromatic carbocycles. The molecule has 0 radical (unpaired) electrons. The molecule has 0 saturated heterocycles. The summed E-state index contributed by atoms with van der Waals surface area (Å²) in [5.74, 6) is 2.43. The molecule has 2 aromatic heterocycles. The van der Waals surface area contributed by atoms with Crippen LogP contribution in [0.5, 0.6) is 5.75 Å². The summed E-state index contributed by atoms with van der Waals surface area (Å²) in [7, 11) is 0. The summed E-state index contributed by atoms with van der Waals surface area (Å²) in [5.41, 5.74) is 7.30. The number of nitrogens with zero attached hydrogens (tertiary/aromatic N) is 3. The highest BCUT2D eigenvalue weighted by molar-refractivity contribution is 5.29. The molecule has 0 bridgehead atoms. The molecule has 2 heterocycles. The molecule has 1 fully saturated rings. The molecule has 0 spiro atoms. The Labute approximate surface area is 111 Å². The lowest BCUT2D eigenvalue weighted by atomic mass is 10.3. The second kappa shape index (κ2) is 4.97. The highest BCUT2D eigenvalue weighted by Gasteiger charge is 2.28. The fraction of sp³-hybridized carbons (Fsp3) is 0.462. The smallest absolute Gasteiger partial charge is 0.264 e. The highest BCUT2D eigenvalue weighted by Crippen LogP contribution is 2.38. The molecule has 0 aliphatic heterocycles. The number of hydrogen-bond acceptors (Lipinski definition) is 6. The number of pyridine rings is 1. The maximum Gasteiger partial charge on any atom is 0.264 e. The third kappa shape index (κ3) is 2.73. The van der Waals surface area contributed by atoms with Gasteiger partial charge in [-0.25, -0.2) is 0 Å². The van der Waals surface area contributed by atoms with E-state index >= 15 is 0 Å². The molecule has 1 aliphatic carbocycles. The van der Waals surface area contributed by atoms with E-state index in [-0.39, 0.29) is 6.61 Å².